The molecule has 124 valence electrons. The van der Waals surface area contributed by atoms with Gasteiger partial charge in [0.15, 0.2) is 0 Å². The highest BCUT2D eigenvalue weighted by Crippen LogP contribution is 2.30. The van der Waals surface area contributed by atoms with E-state index in [1.54, 1.807) is 37.3 Å². The Bertz CT molecular complexity index is 822. The maximum absolute atomic E-state index is 12.4. The Morgan fingerprint density at radius 2 is 2.12 bits per heavy atom. The van der Waals surface area contributed by atoms with Gasteiger partial charge in [-0.2, -0.15) is 0 Å². The Morgan fingerprint density at radius 3 is 2.88 bits per heavy atom. The number of carbonyl (C=O) groups excluding carboxylic acids is 1. The molecule has 2 aromatic rings. The van der Waals surface area contributed by atoms with Crippen LogP contribution < -0.4 is 10.1 Å². The Balaban J connectivity index is 1.74. The molecule has 3 rings (SSSR count). The molecule has 1 unspecified atom stereocenters. The fourth-order valence-corrected chi connectivity index (χ4v) is 2.85. The molecule has 1 heterocycles. The van der Waals surface area contributed by atoms with Crippen LogP contribution in [0.2, 0.25) is 5.02 Å². The van der Waals surface area contributed by atoms with Crippen molar-refractivity contribution < 1.29 is 14.5 Å². The van der Waals surface area contributed by atoms with Gasteiger partial charge in [0, 0.05) is 22.3 Å². The maximum atomic E-state index is 12.4. The number of hydrogen-bond donors (Lipinski definition) is 1. The van der Waals surface area contributed by atoms with E-state index >= 15 is 0 Å². The molecule has 0 saturated heterocycles. The van der Waals surface area contributed by atoms with Crippen molar-refractivity contribution in [3.05, 3.63) is 62.7 Å². The zero-order valence-electron chi connectivity index (χ0n) is 12.9. The van der Waals surface area contributed by atoms with Gasteiger partial charge in [-0.1, -0.05) is 17.7 Å². The Hall–Kier alpha value is -2.60. The van der Waals surface area contributed by atoms with Gasteiger partial charge in [0.2, 0.25) is 5.91 Å². The number of nitro groups is 1. The van der Waals surface area contributed by atoms with Gasteiger partial charge in [-0.25, -0.2) is 0 Å². The molecule has 1 aliphatic rings. The molecule has 0 radical (unpaired) electrons. The van der Waals surface area contributed by atoms with E-state index in [1.807, 2.05) is 0 Å². The average molecular weight is 347 g/mol. The van der Waals surface area contributed by atoms with E-state index in [4.69, 9.17) is 16.3 Å². The lowest BCUT2D eigenvalue weighted by atomic mass is 9.96. The molecule has 0 fully saturated rings. The monoisotopic (exact) mass is 346 g/mol. The number of carbonyl (C=O) groups is 1. The van der Waals surface area contributed by atoms with Crippen LogP contribution in [0.15, 0.2) is 36.4 Å². The Morgan fingerprint density at radius 1 is 1.33 bits per heavy atom. The number of ether oxygens (including phenoxy) is 1. The highest BCUT2D eigenvalue weighted by Gasteiger charge is 2.26. The third-order valence-electron chi connectivity index (χ3n) is 3.97. The minimum atomic E-state index is -0.465. The second-order valence-electron chi connectivity index (χ2n) is 5.71. The van der Waals surface area contributed by atoms with Gasteiger partial charge >= 0.3 is 0 Å². The third-order valence-corrected chi connectivity index (χ3v) is 4.21. The molecule has 1 amide bonds. The summed E-state index contributed by atoms with van der Waals surface area (Å²) in [7, 11) is 0. The lowest BCUT2D eigenvalue weighted by Gasteiger charge is -2.24. The number of benzene rings is 2. The van der Waals surface area contributed by atoms with Crippen LogP contribution >= 0.6 is 11.6 Å². The summed E-state index contributed by atoms with van der Waals surface area (Å²) in [5.41, 5.74) is 1.80. The number of fused-ring (bicyclic) bond motifs is 1. The quantitative estimate of drug-likeness (QED) is 0.678. The van der Waals surface area contributed by atoms with Crippen molar-refractivity contribution in [3.63, 3.8) is 0 Å². The molecule has 24 heavy (non-hydrogen) atoms. The van der Waals surface area contributed by atoms with Crippen LogP contribution in [0.5, 0.6) is 5.75 Å². The average Bonchev–Trinajstić information content (AvgIpc) is 2.55. The van der Waals surface area contributed by atoms with E-state index in [2.05, 4.69) is 5.32 Å². The van der Waals surface area contributed by atoms with Crippen LogP contribution in [0.4, 0.5) is 11.4 Å². The van der Waals surface area contributed by atoms with Crippen molar-refractivity contribution in [1.82, 2.24) is 0 Å². The van der Waals surface area contributed by atoms with Crippen molar-refractivity contribution in [2.45, 2.75) is 13.3 Å². The molecule has 0 saturated carbocycles. The predicted molar refractivity (Wildman–Crippen MR) is 90.6 cm³/mol. The molecular weight excluding hydrogens is 332 g/mol. The number of nitrogens with one attached hydrogen (secondary N) is 1. The number of aryl methyl sites for hydroxylation is 1. The minimum Gasteiger partial charge on any atom is -0.492 e. The van der Waals surface area contributed by atoms with Crippen LogP contribution in [0.3, 0.4) is 0 Å². The van der Waals surface area contributed by atoms with E-state index in [1.165, 1.54) is 6.07 Å². The van der Waals surface area contributed by atoms with Crippen LogP contribution in [-0.2, 0) is 11.2 Å². The molecule has 0 bridgehead atoms. The third kappa shape index (κ3) is 3.33. The highest BCUT2D eigenvalue weighted by atomic mass is 35.5. The second-order valence-corrected chi connectivity index (χ2v) is 6.15. The van der Waals surface area contributed by atoms with Gasteiger partial charge in [-0.15, -0.1) is 0 Å². The van der Waals surface area contributed by atoms with Crippen molar-refractivity contribution in [2.75, 3.05) is 11.9 Å². The topological polar surface area (TPSA) is 81.5 Å². The van der Waals surface area contributed by atoms with Gasteiger partial charge in [0.05, 0.1) is 10.8 Å². The number of amides is 1. The van der Waals surface area contributed by atoms with Gasteiger partial charge in [0.25, 0.3) is 5.69 Å². The zero-order valence-corrected chi connectivity index (χ0v) is 13.7. The summed E-state index contributed by atoms with van der Waals surface area (Å²) in [5, 5.41) is 14.3. The van der Waals surface area contributed by atoms with E-state index < -0.39 is 4.92 Å². The van der Waals surface area contributed by atoms with Crippen molar-refractivity contribution in [2.24, 2.45) is 5.92 Å². The van der Waals surface area contributed by atoms with E-state index in [0.29, 0.717) is 22.7 Å². The SMILES string of the molecule is Cc1ccc(NC(=O)C2COc3ccc(Cl)cc3C2)cc1[N+](=O)[O-]. The Kier molecular flexibility index (Phi) is 4.40. The number of nitrogens with zero attached hydrogens (tertiary/aromatic N) is 1. The first-order chi connectivity index (χ1) is 11.4. The maximum Gasteiger partial charge on any atom is 0.274 e. The fraction of sp³-hybridized carbons (Fsp3) is 0.235. The molecule has 6 nitrogen and oxygen atoms in total. The number of rotatable bonds is 3. The summed E-state index contributed by atoms with van der Waals surface area (Å²) in [6.45, 7) is 1.91. The van der Waals surface area contributed by atoms with Crippen LogP contribution in [0.1, 0.15) is 11.1 Å². The van der Waals surface area contributed by atoms with Gasteiger partial charge in [-0.05, 0) is 43.2 Å². The molecule has 0 aromatic heterocycles. The van der Waals surface area contributed by atoms with Crippen molar-refractivity contribution >= 4 is 28.9 Å². The molecule has 0 aliphatic carbocycles. The highest BCUT2D eigenvalue weighted by molar-refractivity contribution is 6.30. The summed E-state index contributed by atoms with van der Waals surface area (Å²) < 4.78 is 5.60. The number of hydrogen-bond acceptors (Lipinski definition) is 4. The number of nitro benzene ring substituents is 1. The van der Waals surface area contributed by atoms with Crippen LogP contribution in [-0.4, -0.2) is 17.4 Å². The first-order valence-corrected chi connectivity index (χ1v) is 7.79. The van der Waals surface area contributed by atoms with Gasteiger partial charge < -0.3 is 10.1 Å². The first kappa shape index (κ1) is 16.3. The summed E-state index contributed by atoms with van der Waals surface area (Å²) in [6.07, 6.45) is 0.510. The minimum absolute atomic E-state index is 0.0233. The Labute approximate surface area is 143 Å². The lowest BCUT2D eigenvalue weighted by molar-refractivity contribution is -0.385. The second kappa shape index (κ2) is 6.49. The molecular formula is C17H15ClN2O4. The van der Waals surface area contributed by atoms with Gasteiger partial charge in [-0.3, -0.25) is 14.9 Å². The zero-order chi connectivity index (χ0) is 17.3. The lowest BCUT2D eigenvalue weighted by Crippen LogP contribution is -2.32. The predicted octanol–water partition coefficient (Wildman–Crippen LogP) is 3.75. The van der Waals surface area contributed by atoms with Crippen LogP contribution in [0, 0.1) is 23.0 Å². The molecule has 1 atom stereocenters. The van der Waals surface area contributed by atoms with E-state index in [-0.39, 0.29) is 24.1 Å². The first-order valence-electron chi connectivity index (χ1n) is 7.41. The summed E-state index contributed by atoms with van der Waals surface area (Å²) in [6, 6.07) is 9.94. The number of halogens is 1. The fourth-order valence-electron chi connectivity index (χ4n) is 2.66. The normalized spacial score (nSPS) is 16.0. The largest absolute Gasteiger partial charge is 0.492 e. The summed E-state index contributed by atoms with van der Waals surface area (Å²) in [5.74, 6) is 0.115. The summed E-state index contributed by atoms with van der Waals surface area (Å²) >= 11 is 5.98. The van der Waals surface area contributed by atoms with Crippen molar-refractivity contribution in [3.8, 4) is 5.75 Å². The standard InChI is InChI=1S/C17H15ClN2O4/c1-10-2-4-14(8-15(10)20(22)23)19-17(21)12-6-11-7-13(18)3-5-16(11)24-9-12/h2-5,7-8,12H,6,9H2,1H3,(H,19,21). The summed E-state index contributed by atoms with van der Waals surface area (Å²) in [4.78, 5) is 23.0. The van der Waals surface area contributed by atoms with Crippen LogP contribution in [0.25, 0.3) is 0 Å². The van der Waals surface area contributed by atoms with E-state index in [0.717, 1.165) is 11.3 Å². The van der Waals surface area contributed by atoms with Crippen molar-refractivity contribution in [1.29, 1.82) is 0 Å². The molecule has 2 aromatic carbocycles. The smallest absolute Gasteiger partial charge is 0.274 e. The van der Waals surface area contributed by atoms with Gasteiger partial charge in [0.1, 0.15) is 12.4 Å². The molecule has 1 N–H and O–H groups in total. The van der Waals surface area contributed by atoms with E-state index in [9.17, 15) is 14.9 Å². The molecule has 0 spiro atoms. The molecule has 7 heteroatoms. The number of anilines is 1. The molecule has 1 aliphatic heterocycles.